The van der Waals surface area contributed by atoms with Gasteiger partial charge in [-0.25, -0.2) is 9.18 Å². The first-order valence-electron chi connectivity index (χ1n) is 10.1. The number of ether oxygens (including phenoxy) is 1. The molecule has 31 heavy (non-hydrogen) atoms. The summed E-state index contributed by atoms with van der Waals surface area (Å²) in [6.45, 7) is 3.17. The van der Waals surface area contributed by atoms with E-state index in [0.29, 0.717) is 42.7 Å². The lowest BCUT2D eigenvalue weighted by Gasteiger charge is -2.31. The molecular formula is C21H22BrFN4O4. The van der Waals surface area contributed by atoms with Crippen molar-refractivity contribution < 1.29 is 23.6 Å². The second-order valence-electron chi connectivity index (χ2n) is 7.39. The Balaban J connectivity index is 1.38. The van der Waals surface area contributed by atoms with Gasteiger partial charge in [0.2, 0.25) is 0 Å². The van der Waals surface area contributed by atoms with Crippen LogP contribution in [0.4, 0.5) is 10.3 Å². The predicted octanol–water partition coefficient (Wildman–Crippen LogP) is 4.52. The molecule has 2 aromatic heterocycles. The maximum atomic E-state index is 13.5. The van der Waals surface area contributed by atoms with E-state index in [1.165, 1.54) is 12.1 Å². The molecule has 3 heterocycles. The van der Waals surface area contributed by atoms with Crippen LogP contribution in [0.2, 0.25) is 0 Å². The lowest BCUT2D eigenvalue weighted by atomic mass is 10.1. The van der Waals surface area contributed by atoms with Crippen molar-refractivity contribution in [2.45, 2.75) is 38.3 Å². The molecule has 1 aliphatic rings. The van der Waals surface area contributed by atoms with Crippen LogP contribution in [-0.2, 0) is 4.79 Å². The van der Waals surface area contributed by atoms with E-state index in [1.807, 2.05) is 11.8 Å². The van der Waals surface area contributed by atoms with Gasteiger partial charge in [0, 0.05) is 44.4 Å². The molecule has 1 saturated heterocycles. The van der Waals surface area contributed by atoms with E-state index in [2.05, 4.69) is 26.1 Å². The second-order valence-corrected chi connectivity index (χ2v) is 8.24. The average molecular weight is 493 g/mol. The smallest absolute Gasteiger partial charge is 0.326 e. The SMILES string of the molecule is CCC(C(=O)O)n1ccc(-c2nc(N3CCC(Oc4cc(F)ccc4Br)CC3)no2)c1. The number of carboxylic acid groups (broad SMARTS) is 1. The molecule has 1 aliphatic heterocycles. The number of nitrogens with zero attached hydrogens (tertiary/aromatic N) is 4. The van der Waals surface area contributed by atoms with E-state index in [1.54, 1.807) is 29.1 Å². The number of carboxylic acids is 1. The van der Waals surface area contributed by atoms with E-state index in [9.17, 15) is 14.3 Å². The summed E-state index contributed by atoms with van der Waals surface area (Å²) in [7, 11) is 0. The van der Waals surface area contributed by atoms with Gasteiger partial charge in [-0.1, -0.05) is 6.92 Å². The summed E-state index contributed by atoms with van der Waals surface area (Å²) in [5.41, 5.74) is 0.674. The standard InChI is InChI=1S/C21H22BrFN4O4/c1-2-17(20(28)29)27-8-5-13(12-27)19-24-21(25-31-19)26-9-6-15(7-10-26)30-18-11-14(23)3-4-16(18)22/h3-5,8,11-12,15,17H,2,6-7,9-10H2,1H3,(H,28,29). The molecule has 10 heteroatoms. The highest BCUT2D eigenvalue weighted by Gasteiger charge is 2.25. The van der Waals surface area contributed by atoms with Crippen LogP contribution in [0.1, 0.15) is 32.2 Å². The molecule has 0 amide bonds. The van der Waals surface area contributed by atoms with Crippen molar-refractivity contribution in [2.24, 2.45) is 0 Å². The van der Waals surface area contributed by atoms with Gasteiger partial charge >= 0.3 is 5.97 Å². The first-order valence-corrected chi connectivity index (χ1v) is 10.8. The Bertz CT molecular complexity index is 1060. The highest BCUT2D eigenvalue weighted by atomic mass is 79.9. The van der Waals surface area contributed by atoms with Crippen molar-refractivity contribution in [2.75, 3.05) is 18.0 Å². The number of rotatable bonds is 7. The molecular weight excluding hydrogens is 471 g/mol. The zero-order valence-corrected chi connectivity index (χ0v) is 18.5. The van der Waals surface area contributed by atoms with E-state index in [0.717, 1.165) is 17.3 Å². The zero-order chi connectivity index (χ0) is 22.0. The van der Waals surface area contributed by atoms with Gasteiger partial charge in [-0.15, -0.1) is 0 Å². The lowest BCUT2D eigenvalue weighted by Crippen LogP contribution is -2.38. The molecule has 4 rings (SSSR count). The molecule has 164 valence electrons. The van der Waals surface area contributed by atoms with Crippen LogP contribution in [0.3, 0.4) is 0 Å². The Morgan fingerprint density at radius 1 is 1.39 bits per heavy atom. The zero-order valence-electron chi connectivity index (χ0n) is 16.9. The van der Waals surface area contributed by atoms with Crippen molar-refractivity contribution in [1.82, 2.24) is 14.7 Å². The summed E-state index contributed by atoms with van der Waals surface area (Å²) in [5.74, 6) is 0.106. The first-order chi connectivity index (χ1) is 14.9. The van der Waals surface area contributed by atoms with E-state index in [4.69, 9.17) is 9.26 Å². The Hall–Kier alpha value is -2.88. The third kappa shape index (κ3) is 4.73. The molecule has 0 saturated carbocycles. The molecule has 1 N–H and O–H groups in total. The first kappa shape index (κ1) is 21.4. The number of anilines is 1. The number of carbonyl (C=O) groups is 1. The third-order valence-corrected chi connectivity index (χ3v) is 5.98. The summed E-state index contributed by atoms with van der Waals surface area (Å²) in [6, 6.07) is 5.52. The number of benzene rings is 1. The number of hydrogen-bond acceptors (Lipinski definition) is 6. The number of aromatic nitrogens is 3. The minimum absolute atomic E-state index is 0.0308. The van der Waals surface area contributed by atoms with Crippen LogP contribution in [0.5, 0.6) is 5.75 Å². The molecule has 0 radical (unpaired) electrons. The van der Waals surface area contributed by atoms with Gasteiger partial charge in [0.15, 0.2) is 0 Å². The van der Waals surface area contributed by atoms with E-state index >= 15 is 0 Å². The molecule has 1 unspecified atom stereocenters. The van der Waals surface area contributed by atoms with Crippen LogP contribution in [0.25, 0.3) is 11.5 Å². The van der Waals surface area contributed by atoms with Crippen LogP contribution in [0, 0.1) is 5.82 Å². The summed E-state index contributed by atoms with van der Waals surface area (Å²) in [6.07, 6.45) is 5.32. The lowest BCUT2D eigenvalue weighted by molar-refractivity contribution is -0.141. The molecule has 3 aromatic rings. The number of halogens is 2. The van der Waals surface area contributed by atoms with Gasteiger partial charge in [-0.2, -0.15) is 4.98 Å². The number of hydrogen-bond donors (Lipinski definition) is 1. The molecule has 0 bridgehead atoms. The molecule has 0 aliphatic carbocycles. The monoisotopic (exact) mass is 492 g/mol. The molecule has 1 aromatic carbocycles. The van der Waals surface area contributed by atoms with Crippen molar-refractivity contribution in [3.63, 3.8) is 0 Å². The van der Waals surface area contributed by atoms with Crippen molar-refractivity contribution in [1.29, 1.82) is 0 Å². The van der Waals surface area contributed by atoms with Crippen LogP contribution < -0.4 is 9.64 Å². The van der Waals surface area contributed by atoms with E-state index in [-0.39, 0.29) is 11.9 Å². The Morgan fingerprint density at radius 3 is 2.87 bits per heavy atom. The topological polar surface area (TPSA) is 93.6 Å². The Kier molecular flexibility index (Phi) is 6.26. The minimum atomic E-state index is -0.883. The molecule has 1 atom stereocenters. The molecule has 1 fully saturated rings. The van der Waals surface area contributed by atoms with Gasteiger partial charge in [-0.3, -0.25) is 0 Å². The quantitative estimate of drug-likeness (QED) is 0.517. The fourth-order valence-corrected chi connectivity index (χ4v) is 3.97. The largest absolute Gasteiger partial charge is 0.489 e. The van der Waals surface area contributed by atoms with Gasteiger partial charge in [0.05, 0.1) is 10.0 Å². The highest BCUT2D eigenvalue weighted by molar-refractivity contribution is 9.10. The van der Waals surface area contributed by atoms with Gasteiger partial charge < -0.3 is 23.8 Å². The number of piperidine rings is 1. The highest BCUT2D eigenvalue weighted by Crippen LogP contribution is 2.30. The molecule has 0 spiro atoms. The average Bonchev–Trinajstić information content (AvgIpc) is 3.42. The van der Waals surface area contributed by atoms with Crippen molar-refractivity contribution in [3.8, 4) is 17.2 Å². The van der Waals surface area contributed by atoms with Crippen molar-refractivity contribution in [3.05, 3.63) is 46.9 Å². The number of aliphatic carboxylic acids is 1. The van der Waals surface area contributed by atoms with Crippen molar-refractivity contribution >= 4 is 27.8 Å². The van der Waals surface area contributed by atoms with E-state index < -0.39 is 12.0 Å². The fourth-order valence-electron chi connectivity index (χ4n) is 3.63. The maximum absolute atomic E-state index is 13.5. The minimum Gasteiger partial charge on any atom is -0.489 e. The summed E-state index contributed by atoms with van der Waals surface area (Å²) >= 11 is 3.38. The second kappa shape index (κ2) is 9.09. The Morgan fingerprint density at radius 2 is 2.16 bits per heavy atom. The fraction of sp³-hybridized carbons (Fsp3) is 0.381. The van der Waals surface area contributed by atoms with Crippen LogP contribution in [-0.4, -0.2) is 45.0 Å². The Labute approximate surface area is 186 Å². The summed E-state index contributed by atoms with van der Waals surface area (Å²) in [5, 5.41) is 13.4. The molecule has 8 nitrogen and oxygen atoms in total. The van der Waals surface area contributed by atoms with Gasteiger partial charge in [-0.05, 0) is 45.7 Å². The third-order valence-electron chi connectivity index (χ3n) is 5.32. The normalized spacial score (nSPS) is 15.8. The summed E-state index contributed by atoms with van der Waals surface area (Å²) < 4.78 is 27.2. The van der Waals surface area contributed by atoms with Gasteiger partial charge in [0.1, 0.15) is 23.7 Å². The van der Waals surface area contributed by atoms with Crippen LogP contribution in [0.15, 0.2) is 45.7 Å². The van der Waals surface area contributed by atoms with Gasteiger partial charge in [0.25, 0.3) is 11.8 Å². The summed E-state index contributed by atoms with van der Waals surface area (Å²) in [4.78, 5) is 17.8. The van der Waals surface area contributed by atoms with Crippen LogP contribution >= 0.6 is 15.9 Å². The predicted molar refractivity (Wildman–Crippen MR) is 115 cm³/mol. The maximum Gasteiger partial charge on any atom is 0.326 e.